The number of carbonyl (C=O) groups is 2. The molecule has 5 nitrogen and oxygen atoms in total. The van der Waals surface area contributed by atoms with Gasteiger partial charge in [-0.15, -0.1) is 0 Å². The summed E-state index contributed by atoms with van der Waals surface area (Å²) in [6.07, 6.45) is 2.21. The highest BCUT2D eigenvalue weighted by atomic mass is 79.9. The van der Waals surface area contributed by atoms with Gasteiger partial charge in [-0.1, -0.05) is 13.8 Å². The molecule has 0 aliphatic heterocycles. The monoisotopic (exact) mass is 418 g/mol. The van der Waals surface area contributed by atoms with E-state index in [4.69, 9.17) is 4.74 Å². The van der Waals surface area contributed by atoms with E-state index in [9.17, 15) is 9.59 Å². The molecule has 6 heteroatoms. The van der Waals surface area contributed by atoms with E-state index in [2.05, 4.69) is 26.6 Å². The molecule has 0 saturated carbocycles. The minimum atomic E-state index is -0.212. The van der Waals surface area contributed by atoms with Gasteiger partial charge in [-0.25, -0.2) is 0 Å². The van der Waals surface area contributed by atoms with Crippen LogP contribution in [0, 0.1) is 0 Å². The lowest BCUT2D eigenvalue weighted by atomic mass is 10.2. The van der Waals surface area contributed by atoms with Gasteiger partial charge in [-0.2, -0.15) is 0 Å². The minimum absolute atomic E-state index is 0.0143. The van der Waals surface area contributed by atoms with Crippen LogP contribution in [-0.2, 0) is 4.79 Å². The Morgan fingerprint density at radius 1 is 0.962 bits per heavy atom. The molecule has 0 fully saturated rings. The Labute approximate surface area is 162 Å². The molecule has 0 aliphatic rings. The molecule has 2 amide bonds. The summed E-state index contributed by atoms with van der Waals surface area (Å²) in [5.41, 5.74) is 1.90. The predicted molar refractivity (Wildman–Crippen MR) is 108 cm³/mol. The van der Waals surface area contributed by atoms with Gasteiger partial charge in [0.25, 0.3) is 5.91 Å². The van der Waals surface area contributed by atoms with Gasteiger partial charge >= 0.3 is 0 Å². The molecule has 0 aliphatic carbocycles. The number of halogens is 1. The van der Waals surface area contributed by atoms with Crippen molar-refractivity contribution in [3.05, 3.63) is 52.5 Å². The van der Waals surface area contributed by atoms with E-state index < -0.39 is 0 Å². The zero-order valence-corrected chi connectivity index (χ0v) is 16.6. The summed E-state index contributed by atoms with van der Waals surface area (Å²) >= 11 is 3.43. The number of amides is 2. The second-order valence-electron chi connectivity index (χ2n) is 5.82. The maximum atomic E-state index is 12.4. The Balaban J connectivity index is 1.98. The quantitative estimate of drug-likeness (QED) is 0.616. The average molecular weight is 419 g/mol. The van der Waals surface area contributed by atoms with E-state index in [-0.39, 0.29) is 11.8 Å². The molecule has 26 heavy (non-hydrogen) atoms. The van der Waals surface area contributed by atoms with Crippen LogP contribution in [0.3, 0.4) is 0 Å². The Morgan fingerprint density at radius 3 is 2.19 bits per heavy atom. The van der Waals surface area contributed by atoms with E-state index in [1.54, 1.807) is 42.5 Å². The molecule has 0 bridgehead atoms. The predicted octanol–water partition coefficient (Wildman–Crippen LogP) is 5.23. The highest BCUT2D eigenvalue weighted by Gasteiger charge is 2.10. The topological polar surface area (TPSA) is 67.4 Å². The summed E-state index contributed by atoms with van der Waals surface area (Å²) in [7, 11) is 0. The number of benzene rings is 2. The van der Waals surface area contributed by atoms with Crippen molar-refractivity contribution in [1.82, 2.24) is 0 Å². The minimum Gasteiger partial charge on any atom is -0.492 e. The van der Waals surface area contributed by atoms with E-state index >= 15 is 0 Å². The smallest absolute Gasteiger partial charge is 0.255 e. The van der Waals surface area contributed by atoms with E-state index in [1.165, 1.54) is 0 Å². The molecule has 138 valence electrons. The number of ether oxygens (including phenoxy) is 1. The molecule has 0 unspecified atom stereocenters. The third kappa shape index (κ3) is 5.88. The fourth-order valence-electron chi connectivity index (χ4n) is 2.26. The van der Waals surface area contributed by atoms with E-state index in [1.807, 2.05) is 13.8 Å². The lowest BCUT2D eigenvalue weighted by molar-refractivity contribution is -0.116. The second-order valence-corrected chi connectivity index (χ2v) is 6.68. The number of hydrogen-bond acceptors (Lipinski definition) is 3. The Hall–Kier alpha value is -2.34. The van der Waals surface area contributed by atoms with Crippen molar-refractivity contribution in [3.63, 3.8) is 0 Å². The summed E-state index contributed by atoms with van der Waals surface area (Å²) in [4.78, 5) is 24.0. The molecule has 2 aromatic rings. The van der Waals surface area contributed by atoms with Crippen molar-refractivity contribution < 1.29 is 14.3 Å². The lowest BCUT2D eigenvalue weighted by Crippen LogP contribution is -2.13. The molecule has 2 N–H and O–H groups in total. The van der Waals surface area contributed by atoms with Crippen LogP contribution in [-0.4, -0.2) is 18.4 Å². The van der Waals surface area contributed by atoms with Crippen molar-refractivity contribution in [1.29, 1.82) is 0 Å². The first-order chi connectivity index (χ1) is 12.5. The van der Waals surface area contributed by atoms with E-state index in [0.717, 1.165) is 23.1 Å². The molecular weight excluding hydrogens is 396 g/mol. The van der Waals surface area contributed by atoms with Crippen LogP contribution >= 0.6 is 15.9 Å². The zero-order chi connectivity index (χ0) is 18.9. The number of hydrogen-bond donors (Lipinski definition) is 2. The number of rotatable bonds is 8. The van der Waals surface area contributed by atoms with Crippen LogP contribution in [0.4, 0.5) is 11.4 Å². The van der Waals surface area contributed by atoms with Gasteiger partial charge < -0.3 is 15.4 Å². The third-order valence-electron chi connectivity index (χ3n) is 3.56. The summed E-state index contributed by atoms with van der Waals surface area (Å²) < 4.78 is 6.33. The van der Waals surface area contributed by atoms with Crippen LogP contribution in [0.15, 0.2) is 46.9 Å². The maximum absolute atomic E-state index is 12.4. The van der Waals surface area contributed by atoms with Gasteiger partial charge in [0, 0.05) is 23.4 Å². The van der Waals surface area contributed by atoms with Crippen molar-refractivity contribution >= 4 is 39.1 Å². The summed E-state index contributed by atoms with van der Waals surface area (Å²) in [5, 5.41) is 5.65. The molecule has 2 rings (SSSR count). The van der Waals surface area contributed by atoms with Gasteiger partial charge in [-0.05, 0) is 71.2 Å². The first-order valence-electron chi connectivity index (χ1n) is 8.67. The van der Waals surface area contributed by atoms with Crippen LogP contribution < -0.4 is 15.4 Å². The standard InChI is InChI=1S/C20H23BrN2O3/c1-3-5-19(24)22-15-7-9-16(10-8-15)23-20(25)14-6-11-18(17(21)13-14)26-12-4-2/h6-11,13H,3-5,12H2,1-2H3,(H,22,24)(H,23,25). The van der Waals surface area contributed by atoms with Crippen molar-refractivity contribution in [2.75, 3.05) is 17.2 Å². The molecule has 0 spiro atoms. The largest absolute Gasteiger partial charge is 0.492 e. The molecule has 0 atom stereocenters. The highest BCUT2D eigenvalue weighted by Crippen LogP contribution is 2.26. The first kappa shape index (κ1) is 20.0. The van der Waals surface area contributed by atoms with E-state index in [0.29, 0.717) is 30.0 Å². The summed E-state index contributed by atoms with van der Waals surface area (Å²) in [5.74, 6) is 0.491. The maximum Gasteiger partial charge on any atom is 0.255 e. The second kappa shape index (κ2) is 9.97. The normalized spacial score (nSPS) is 10.3. The molecular formula is C20H23BrN2O3. The van der Waals surface area contributed by atoms with Gasteiger partial charge in [0.15, 0.2) is 0 Å². The lowest BCUT2D eigenvalue weighted by Gasteiger charge is -2.10. The van der Waals surface area contributed by atoms with Crippen molar-refractivity contribution in [3.8, 4) is 5.75 Å². The summed E-state index contributed by atoms with van der Waals surface area (Å²) in [6, 6.07) is 12.3. The third-order valence-corrected chi connectivity index (χ3v) is 4.18. The Kier molecular flexibility index (Phi) is 7.66. The molecule has 2 aromatic carbocycles. The number of anilines is 2. The van der Waals surface area contributed by atoms with Gasteiger partial charge in [-0.3, -0.25) is 9.59 Å². The van der Waals surface area contributed by atoms with Crippen LogP contribution in [0.25, 0.3) is 0 Å². The van der Waals surface area contributed by atoms with Crippen molar-refractivity contribution in [2.45, 2.75) is 33.1 Å². The van der Waals surface area contributed by atoms with Crippen LogP contribution in [0.5, 0.6) is 5.75 Å². The van der Waals surface area contributed by atoms with Gasteiger partial charge in [0.2, 0.25) is 5.91 Å². The van der Waals surface area contributed by atoms with Gasteiger partial charge in [0.05, 0.1) is 11.1 Å². The molecule has 0 saturated heterocycles. The van der Waals surface area contributed by atoms with Crippen LogP contribution in [0.1, 0.15) is 43.5 Å². The van der Waals surface area contributed by atoms with Gasteiger partial charge in [0.1, 0.15) is 5.75 Å². The van der Waals surface area contributed by atoms with Crippen LogP contribution in [0.2, 0.25) is 0 Å². The number of nitrogens with one attached hydrogen (secondary N) is 2. The first-order valence-corrected chi connectivity index (χ1v) is 9.46. The molecule has 0 aromatic heterocycles. The summed E-state index contributed by atoms with van der Waals surface area (Å²) in [6.45, 7) is 4.63. The van der Waals surface area contributed by atoms with Crippen molar-refractivity contribution in [2.24, 2.45) is 0 Å². The Bertz CT molecular complexity index is 760. The average Bonchev–Trinajstić information content (AvgIpc) is 2.62. The molecule has 0 heterocycles. The fourth-order valence-corrected chi connectivity index (χ4v) is 2.76. The number of carbonyl (C=O) groups excluding carboxylic acids is 2. The zero-order valence-electron chi connectivity index (χ0n) is 15.0. The Morgan fingerprint density at radius 2 is 1.62 bits per heavy atom. The highest BCUT2D eigenvalue weighted by molar-refractivity contribution is 9.10. The SMILES string of the molecule is CCCOc1ccc(C(=O)Nc2ccc(NC(=O)CCC)cc2)cc1Br. The fraction of sp³-hybridized carbons (Fsp3) is 0.300. The molecule has 0 radical (unpaired) electrons.